The van der Waals surface area contributed by atoms with Gasteiger partial charge in [0.1, 0.15) is 0 Å². The summed E-state index contributed by atoms with van der Waals surface area (Å²) in [6.45, 7) is 3.31. The van der Waals surface area contributed by atoms with Gasteiger partial charge in [0.25, 0.3) is 0 Å². The summed E-state index contributed by atoms with van der Waals surface area (Å²) in [6.07, 6.45) is -2.37. The van der Waals surface area contributed by atoms with E-state index in [2.05, 4.69) is 15.1 Å². The van der Waals surface area contributed by atoms with Crippen LogP contribution in [0.1, 0.15) is 24.0 Å². The van der Waals surface area contributed by atoms with Crippen LogP contribution in [0.2, 0.25) is 0 Å². The Balaban J connectivity index is 0.00000259. The summed E-state index contributed by atoms with van der Waals surface area (Å²) in [5.41, 5.74) is 1.46. The van der Waals surface area contributed by atoms with E-state index in [0.717, 1.165) is 49.4 Å². The molecule has 2 heterocycles. The molecule has 2 fully saturated rings. The molecule has 9 heteroatoms. The largest absolute Gasteiger partial charge is 0.464 e. The first-order chi connectivity index (χ1) is 15.4. The Morgan fingerprint density at radius 2 is 1.79 bits per heavy atom. The number of fused-ring (bicyclic) bond motifs is 1. The summed E-state index contributed by atoms with van der Waals surface area (Å²) in [6, 6.07) is 16.1. The third kappa shape index (κ3) is 4.59. The summed E-state index contributed by atoms with van der Waals surface area (Å²) in [5.74, 6) is 1.30. The topological polar surface area (TPSA) is 43.2 Å². The summed E-state index contributed by atoms with van der Waals surface area (Å²) < 4.78 is 46.2. The van der Waals surface area contributed by atoms with E-state index in [-0.39, 0.29) is 17.8 Å². The lowest BCUT2D eigenvalue weighted by molar-refractivity contribution is -0.137. The van der Waals surface area contributed by atoms with Gasteiger partial charge in [0.15, 0.2) is 5.82 Å². The first-order valence-electron chi connectivity index (χ1n) is 10.8. The molecule has 1 saturated carbocycles. The fourth-order valence-corrected chi connectivity index (χ4v) is 4.93. The van der Waals surface area contributed by atoms with Crippen LogP contribution in [0.3, 0.4) is 0 Å². The van der Waals surface area contributed by atoms with Crippen molar-refractivity contribution in [3.8, 4) is 17.4 Å². The second kappa shape index (κ2) is 8.99. The molecule has 0 bridgehead atoms. The molecule has 1 aliphatic carbocycles. The summed E-state index contributed by atoms with van der Waals surface area (Å²) in [5, 5.41) is 8.38. The van der Waals surface area contributed by atoms with Crippen LogP contribution < -0.4 is 4.74 Å². The number of alkyl halides is 3. The van der Waals surface area contributed by atoms with Crippen molar-refractivity contribution >= 4 is 12.4 Å². The van der Waals surface area contributed by atoms with Crippen LogP contribution in [0.4, 0.5) is 13.2 Å². The Labute approximate surface area is 197 Å². The predicted octanol–water partition coefficient (Wildman–Crippen LogP) is 4.97. The highest BCUT2D eigenvalue weighted by Crippen LogP contribution is 2.59. The van der Waals surface area contributed by atoms with Crippen molar-refractivity contribution in [2.24, 2.45) is 13.0 Å². The van der Waals surface area contributed by atoms with E-state index in [4.69, 9.17) is 4.74 Å². The molecule has 0 radical (unpaired) electrons. The van der Waals surface area contributed by atoms with Crippen molar-refractivity contribution in [2.45, 2.75) is 24.4 Å². The number of hydrogen-bond acceptors (Lipinski definition) is 4. The van der Waals surface area contributed by atoms with Gasteiger partial charge in [-0.15, -0.1) is 17.5 Å². The Morgan fingerprint density at radius 1 is 1.06 bits per heavy atom. The highest BCUT2D eigenvalue weighted by atomic mass is 35.5. The molecular formula is C24H26ClF3N4O. The number of ether oxygens (including phenoxy) is 1. The first-order valence-corrected chi connectivity index (χ1v) is 10.8. The van der Waals surface area contributed by atoms with Gasteiger partial charge >= 0.3 is 12.2 Å². The average molecular weight is 479 g/mol. The van der Waals surface area contributed by atoms with Crippen molar-refractivity contribution in [3.05, 3.63) is 65.7 Å². The van der Waals surface area contributed by atoms with Gasteiger partial charge in [0.05, 0.1) is 12.2 Å². The van der Waals surface area contributed by atoms with Crippen LogP contribution in [-0.4, -0.2) is 45.9 Å². The molecule has 1 aromatic heterocycles. The van der Waals surface area contributed by atoms with Gasteiger partial charge in [0.2, 0.25) is 0 Å². The van der Waals surface area contributed by atoms with Crippen LogP contribution >= 0.6 is 12.4 Å². The summed E-state index contributed by atoms with van der Waals surface area (Å²) >= 11 is 0. The second-order valence-electron chi connectivity index (χ2n) is 8.80. The van der Waals surface area contributed by atoms with Crippen molar-refractivity contribution in [1.29, 1.82) is 0 Å². The van der Waals surface area contributed by atoms with Crippen LogP contribution in [0.15, 0.2) is 54.6 Å². The van der Waals surface area contributed by atoms with Gasteiger partial charge < -0.3 is 9.64 Å². The fourth-order valence-electron chi connectivity index (χ4n) is 4.93. The van der Waals surface area contributed by atoms with E-state index >= 15 is 0 Å². The number of aromatic nitrogens is 3. The molecule has 2 aliphatic rings. The third-order valence-electron chi connectivity index (χ3n) is 6.72. The third-order valence-corrected chi connectivity index (χ3v) is 6.72. The number of halogens is 4. The molecule has 176 valence electrons. The Kier molecular flexibility index (Phi) is 6.42. The van der Waals surface area contributed by atoms with E-state index in [1.165, 1.54) is 12.1 Å². The minimum absolute atomic E-state index is 0. The Bertz CT molecular complexity index is 1090. The zero-order valence-corrected chi connectivity index (χ0v) is 19.1. The lowest BCUT2D eigenvalue weighted by atomic mass is 9.94. The standard InChI is InChI=1S/C24H25F3N4O.ClH/c1-30-21(17-6-3-2-4-7-17)28-29-22(30)32-13-5-12-31-15-20-14-23(20,16-31)18-8-10-19(11-9-18)24(25,26)27;/h2-4,6-11,20H,5,12-16H2,1H3;1H/t20-,23+;/m0./s1. The van der Waals surface area contributed by atoms with E-state index < -0.39 is 11.7 Å². The minimum Gasteiger partial charge on any atom is -0.464 e. The van der Waals surface area contributed by atoms with Gasteiger partial charge in [0, 0.05) is 37.7 Å². The predicted molar refractivity (Wildman–Crippen MR) is 121 cm³/mol. The highest BCUT2D eigenvalue weighted by molar-refractivity contribution is 5.85. The molecule has 2 aromatic carbocycles. The van der Waals surface area contributed by atoms with Crippen molar-refractivity contribution < 1.29 is 17.9 Å². The fraction of sp³-hybridized carbons (Fsp3) is 0.417. The number of rotatable bonds is 7. The second-order valence-corrected chi connectivity index (χ2v) is 8.80. The molecule has 5 rings (SSSR count). The van der Waals surface area contributed by atoms with Gasteiger partial charge in [-0.3, -0.25) is 4.57 Å². The summed E-state index contributed by atoms with van der Waals surface area (Å²) in [4.78, 5) is 2.39. The van der Waals surface area contributed by atoms with Crippen LogP contribution in [-0.2, 0) is 18.6 Å². The minimum atomic E-state index is -4.29. The molecular weight excluding hydrogens is 453 g/mol. The highest BCUT2D eigenvalue weighted by Gasteiger charge is 2.60. The maximum absolute atomic E-state index is 12.8. The van der Waals surface area contributed by atoms with Crippen molar-refractivity contribution in [3.63, 3.8) is 0 Å². The monoisotopic (exact) mass is 478 g/mol. The van der Waals surface area contributed by atoms with Crippen LogP contribution in [0, 0.1) is 5.92 Å². The zero-order chi connectivity index (χ0) is 22.3. The van der Waals surface area contributed by atoms with Gasteiger partial charge in [-0.25, -0.2) is 0 Å². The molecule has 0 spiro atoms. The lowest BCUT2D eigenvalue weighted by Crippen LogP contribution is -2.28. The molecule has 0 N–H and O–H groups in total. The van der Waals surface area contributed by atoms with Crippen LogP contribution in [0.5, 0.6) is 6.01 Å². The Morgan fingerprint density at radius 3 is 2.48 bits per heavy atom. The van der Waals surface area contributed by atoms with Crippen molar-refractivity contribution in [1.82, 2.24) is 19.7 Å². The SMILES string of the molecule is Cl.Cn1c(OCCCN2C[C@@H]3C[C@]3(c3ccc(C(F)(F)F)cc3)C2)nnc1-c1ccccc1. The van der Waals surface area contributed by atoms with E-state index in [9.17, 15) is 13.2 Å². The lowest BCUT2D eigenvalue weighted by Gasteiger charge is -2.21. The number of piperidine rings is 1. The molecule has 0 amide bonds. The Hall–Kier alpha value is -2.58. The van der Waals surface area contributed by atoms with Gasteiger partial charge in [-0.05, 0) is 36.5 Å². The maximum Gasteiger partial charge on any atom is 0.416 e. The first kappa shape index (κ1) is 23.6. The van der Waals surface area contributed by atoms with Crippen LogP contribution in [0.25, 0.3) is 11.4 Å². The number of nitrogens with zero attached hydrogens (tertiary/aromatic N) is 4. The molecule has 3 aromatic rings. The smallest absolute Gasteiger partial charge is 0.416 e. The van der Waals surface area contributed by atoms with E-state index in [1.807, 2.05) is 41.9 Å². The quantitative estimate of drug-likeness (QED) is 0.450. The molecule has 1 saturated heterocycles. The molecule has 0 unspecified atom stereocenters. The number of likely N-dealkylation sites (tertiary alicyclic amines) is 1. The summed E-state index contributed by atoms with van der Waals surface area (Å²) in [7, 11) is 1.89. The van der Waals surface area contributed by atoms with Crippen molar-refractivity contribution in [2.75, 3.05) is 26.2 Å². The molecule has 2 atom stereocenters. The normalized spacial score (nSPS) is 22.0. The van der Waals surface area contributed by atoms with E-state index in [0.29, 0.717) is 18.5 Å². The van der Waals surface area contributed by atoms with E-state index in [1.54, 1.807) is 12.1 Å². The number of hydrogen-bond donors (Lipinski definition) is 0. The average Bonchev–Trinajstić information content (AvgIpc) is 3.16. The number of benzene rings is 2. The molecule has 1 aliphatic heterocycles. The molecule has 33 heavy (non-hydrogen) atoms. The van der Waals surface area contributed by atoms with Gasteiger partial charge in [-0.1, -0.05) is 47.6 Å². The maximum atomic E-state index is 12.8. The van der Waals surface area contributed by atoms with Gasteiger partial charge in [-0.2, -0.15) is 13.2 Å². The zero-order valence-electron chi connectivity index (χ0n) is 18.3. The molecule has 5 nitrogen and oxygen atoms in total.